The Morgan fingerprint density at radius 3 is 2.81 bits per heavy atom. The van der Waals surface area contributed by atoms with Crippen molar-refractivity contribution in [1.29, 1.82) is 0 Å². The zero-order valence-electron chi connectivity index (χ0n) is 15.2. The fourth-order valence-electron chi connectivity index (χ4n) is 3.27. The van der Waals surface area contributed by atoms with Crippen molar-refractivity contribution in [1.82, 2.24) is 19.9 Å². The van der Waals surface area contributed by atoms with E-state index in [1.807, 2.05) is 4.90 Å². The molecule has 3 heterocycles. The minimum absolute atomic E-state index is 0.0226. The van der Waals surface area contributed by atoms with Crippen molar-refractivity contribution in [2.24, 2.45) is 5.92 Å². The smallest absolute Gasteiger partial charge is 0.337 e. The van der Waals surface area contributed by atoms with Crippen molar-refractivity contribution in [2.45, 2.75) is 19.3 Å². The van der Waals surface area contributed by atoms with Crippen molar-refractivity contribution in [2.75, 3.05) is 26.8 Å². The number of carbonyl (C=O) groups is 2. The molecule has 8 nitrogen and oxygen atoms in total. The Morgan fingerprint density at radius 1 is 1.26 bits per heavy atom. The summed E-state index contributed by atoms with van der Waals surface area (Å²) in [7, 11) is 1.53. The van der Waals surface area contributed by atoms with Crippen LogP contribution in [0.3, 0.4) is 0 Å². The van der Waals surface area contributed by atoms with Crippen LogP contribution in [0.5, 0.6) is 0 Å². The molecule has 0 bridgehead atoms. The lowest BCUT2D eigenvalue weighted by Crippen LogP contribution is -2.42. The number of nitrogens with zero attached hydrogens (tertiary/aromatic N) is 4. The highest BCUT2D eigenvalue weighted by molar-refractivity contribution is 5.88. The molecule has 1 saturated heterocycles. The Morgan fingerprint density at radius 2 is 2.11 bits per heavy atom. The highest BCUT2D eigenvalue weighted by Gasteiger charge is 2.24. The second-order valence-corrected chi connectivity index (χ2v) is 6.65. The maximum atomic E-state index is 12.0. The normalized spacial score (nSPS) is 16.9. The largest absolute Gasteiger partial charge is 0.478 e. The maximum Gasteiger partial charge on any atom is 0.337 e. The SMILES string of the molecule is COCC(=O)N1CCC[C@@H](Cc2cnc(-c3cncc(C(=O)O)c3)cn2)C1. The molecule has 1 atom stereocenters. The number of piperidine rings is 1. The molecular formula is C19H22N4O4. The number of methoxy groups -OCH3 is 1. The number of rotatable bonds is 6. The molecule has 2 aromatic heterocycles. The Balaban J connectivity index is 1.65. The topological polar surface area (TPSA) is 106 Å². The van der Waals surface area contributed by atoms with Gasteiger partial charge >= 0.3 is 5.97 Å². The predicted molar refractivity (Wildman–Crippen MR) is 97.1 cm³/mol. The van der Waals surface area contributed by atoms with Crippen molar-refractivity contribution < 1.29 is 19.4 Å². The van der Waals surface area contributed by atoms with Gasteiger partial charge in [-0.1, -0.05) is 0 Å². The zero-order valence-corrected chi connectivity index (χ0v) is 15.2. The summed E-state index contributed by atoms with van der Waals surface area (Å²) in [4.78, 5) is 37.7. The average molecular weight is 370 g/mol. The van der Waals surface area contributed by atoms with E-state index >= 15 is 0 Å². The summed E-state index contributed by atoms with van der Waals surface area (Å²) in [5.41, 5.74) is 2.16. The monoisotopic (exact) mass is 370 g/mol. The second kappa shape index (κ2) is 8.68. The third-order valence-corrected chi connectivity index (χ3v) is 4.62. The molecule has 27 heavy (non-hydrogen) atoms. The summed E-state index contributed by atoms with van der Waals surface area (Å²) in [5.74, 6) is -0.662. The van der Waals surface area contributed by atoms with Gasteiger partial charge in [0.15, 0.2) is 0 Å². The van der Waals surface area contributed by atoms with Crippen LogP contribution in [-0.2, 0) is 16.0 Å². The van der Waals surface area contributed by atoms with Crippen LogP contribution in [-0.4, -0.2) is 63.6 Å². The van der Waals surface area contributed by atoms with E-state index in [9.17, 15) is 9.59 Å². The molecule has 8 heteroatoms. The first-order chi connectivity index (χ1) is 13.1. The number of aromatic carboxylic acids is 1. The molecule has 0 aromatic carbocycles. The van der Waals surface area contributed by atoms with Crippen LogP contribution in [0.1, 0.15) is 28.9 Å². The van der Waals surface area contributed by atoms with Gasteiger partial charge in [0, 0.05) is 44.4 Å². The van der Waals surface area contributed by atoms with E-state index in [0.717, 1.165) is 31.5 Å². The number of ether oxygens (including phenoxy) is 1. The van der Waals surface area contributed by atoms with E-state index in [0.29, 0.717) is 23.7 Å². The van der Waals surface area contributed by atoms with Gasteiger partial charge in [0.2, 0.25) is 5.91 Å². The number of carboxylic acids is 1. The fourth-order valence-corrected chi connectivity index (χ4v) is 3.27. The predicted octanol–water partition coefficient (Wildman–Crippen LogP) is 1.66. The van der Waals surface area contributed by atoms with Gasteiger partial charge in [-0.25, -0.2) is 4.79 Å². The standard InChI is InChI=1S/C19H22N4O4/c1-27-12-18(24)23-4-2-3-13(11-23)5-16-9-22-17(10-21-16)14-6-15(19(25)26)8-20-7-14/h6-10,13H,2-5,11-12H2,1H3,(H,25,26)/t13-/m0/s1. The van der Waals surface area contributed by atoms with Crippen molar-refractivity contribution >= 4 is 11.9 Å². The number of hydrogen-bond donors (Lipinski definition) is 1. The van der Waals surface area contributed by atoms with Crippen LogP contribution in [0.4, 0.5) is 0 Å². The highest BCUT2D eigenvalue weighted by atomic mass is 16.5. The third kappa shape index (κ3) is 4.85. The van der Waals surface area contributed by atoms with Gasteiger partial charge < -0.3 is 14.7 Å². The number of carbonyl (C=O) groups excluding carboxylic acids is 1. The third-order valence-electron chi connectivity index (χ3n) is 4.62. The first-order valence-corrected chi connectivity index (χ1v) is 8.83. The molecule has 1 aliphatic heterocycles. The van der Waals surface area contributed by atoms with Crippen LogP contribution in [0.15, 0.2) is 30.9 Å². The first kappa shape index (κ1) is 18.9. The molecule has 0 radical (unpaired) electrons. The molecule has 2 aromatic rings. The van der Waals surface area contributed by atoms with Gasteiger partial charge in [-0.05, 0) is 31.2 Å². The van der Waals surface area contributed by atoms with E-state index in [4.69, 9.17) is 9.84 Å². The Hall–Kier alpha value is -2.87. The van der Waals surface area contributed by atoms with E-state index in [-0.39, 0.29) is 18.1 Å². The van der Waals surface area contributed by atoms with Crippen LogP contribution in [0.25, 0.3) is 11.3 Å². The molecule has 1 fully saturated rings. The molecule has 0 saturated carbocycles. The minimum atomic E-state index is -1.03. The average Bonchev–Trinajstić information content (AvgIpc) is 2.69. The number of amides is 1. The number of carboxylic acid groups (broad SMARTS) is 1. The summed E-state index contributed by atoms with van der Waals surface area (Å²) in [6.45, 7) is 1.59. The first-order valence-electron chi connectivity index (χ1n) is 8.83. The Bertz CT molecular complexity index is 810. The van der Waals surface area contributed by atoms with E-state index in [1.54, 1.807) is 18.6 Å². The number of aromatic nitrogens is 3. The lowest BCUT2D eigenvalue weighted by atomic mass is 9.93. The Labute approximate surface area is 157 Å². The lowest BCUT2D eigenvalue weighted by molar-refractivity contribution is -0.136. The van der Waals surface area contributed by atoms with Crippen LogP contribution in [0.2, 0.25) is 0 Å². The van der Waals surface area contributed by atoms with Gasteiger partial charge in [-0.3, -0.25) is 19.7 Å². The van der Waals surface area contributed by atoms with Gasteiger partial charge in [0.1, 0.15) is 6.61 Å². The van der Waals surface area contributed by atoms with E-state index in [1.165, 1.54) is 19.4 Å². The summed E-state index contributed by atoms with van der Waals surface area (Å²) in [6, 6.07) is 1.53. The van der Waals surface area contributed by atoms with E-state index < -0.39 is 5.97 Å². The zero-order chi connectivity index (χ0) is 19.2. The van der Waals surface area contributed by atoms with Gasteiger partial charge in [0.25, 0.3) is 0 Å². The molecule has 0 unspecified atom stereocenters. The van der Waals surface area contributed by atoms with Crippen LogP contribution >= 0.6 is 0 Å². The molecule has 1 amide bonds. The lowest BCUT2D eigenvalue weighted by Gasteiger charge is -2.32. The molecule has 1 N–H and O–H groups in total. The fraction of sp³-hybridized carbons (Fsp3) is 0.421. The van der Waals surface area contributed by atoms with E-state index in [2.05, 4.69) is 15.0 Å². The number of pyridine rings is 1. The van der Waals surface area contributed by atoms with Gasteiger partial charge in [-0.15, -0.1) is 0 Å². The number of hydrogen-bond acceptors (Lipinski definition) is 6. The molecule has 3 rings (SSSR count). The summed E-state index contributed by atoms with van der Waals surface area (Å²) in [6.07, 6.45) is 8.97. The molecule has 142 valence electrons. The summed E-state index contributed by atoms with van der Waals surface area (Å²) < 4.78 is 4.93. The van der Waals surface area contributed by atoms with Crippen molar-refractivity contribution in [3.8, 4) is 11.3 Å². The van der Waals surface area contributed by atoms with Crippen molar-refractivity contribution in [3.05, 3.63) is 42.1 Å². The highest BCUT2D eigenvalue weighted by Crippen LogP contribution is 2.21. The van der Waals surface area contributed by atoms with Crippen LogP contribution in [0, 0.1) is 5.92 Å². The summed E-state index contributed by atoms with van der Waals surface area (Å²) >= 11 is 0. The second-order valence-electron chi connectivity index (χ2n) is 6.65. The van der Waals surface area contributed by atoms with Gasteiger partial charge in [-0.2, -0.15) is 0 Å². The quantitative estimate of drug-likeness (QED) is 0.824. The van der Waals surface area contributed by atoms with Gasteiger partial charge in [0.05, 0.1) is 23.1 Å². The minimum Gasteiger partial charge on any atom is -0.478 e. The van der Waals surface area contributed by atoms with Crippen molar-refractivity contribution in [3.63, 3.8) is 0 Å². The molecule has 0 spiro atoms. The Kier molecular flexibility index (Phi) is 6.08. The summed E-state index contributed by atoms with van der Waals surface area (Å²) in [5, 5.41) is 9.06. The number of likely N-dealkylation sites (tertiary alicyclic amines) is 1. The molecular weight excluding hydrogens is 348 g/mol. The maximum absolute atomic E-state index is 12.0. The molecule has 0 aliphatic carbocycles. The van der Waals surface area contributed by atoms with Crippen LogP contribution < -0.4 is 0 Å². The molecule has 1 aliphatic rings.